The summed E-state index contributed by atoms with van der Waals surface area (Å²) < 4.78 is 4.14. The summed E-state index contributed by atoms with van der Waals surface area (Å²) in [5.41, 5.74) is 0. The van der Waals surface area contributed by atoms with E-state index in [-0.39, 0.29) is 19.6 Å². The van der Waals surface area contributed by atoms with Crippen molar-refractivity contribution >= 4 is 33.7 Å². The number of nitrogens with zero attached hydrogens (tertiary/aromatic N) is 3. The molecular weight excluding hydrogens is 479 g/mol. The maximum Gasteiger partial charge on any atom is 0.438 e. The number of hydrogen-bond donors (Lipinski definition) is 1. The van der Waals surface area contributed by atoms with Gasteiger partial charge in [-0.2, -0.15) is 0 Å². The Morgan fingerprint density at radius 2 is 1.42 bits per heavy atom. The first kappa shape index (κ1) is 30.0. The Kier molecular flexibility index (Phi) is 13.1. The van der Waals surface area contributed by atoms with Crippen molar-refractivity contribution in [3.63, 3.8) is 0 Å². The first-order chi connectivity index (χ1) is 17.4. The van der Waals surface area contributed by atoms with Crippen molar-refractivity contribution in [1.29, 1.82) is 0 Å². The van der Waals surface area contributed by atoms with E-state index in [0.717, 1.165) is 64.2 Å². The Morgan fingerprint density at radius 1 is 0.889 bits per heavy atom. The average Bonchev–Trinajstić information content (AvgIpc) is 3.09. The summed E-state index contributed by atoms with van der Waals surface area (Å²) in [4.78, 5) is 55.9. The van der Waals surface area contributed by atoms with E-state index in [1.165, 1.54) is 9.80 Å². The predicted molar refractivity (Wildman–Crippen MR) is 143 cm³/mol. The largest absolute Gasteiger partial charge is 0.438 e. The third-order valence-electron chi connectivity index (χ3n) is 7.10. The molecule has 2 aliphatic rings. The van der Waals surface area contributed by atoms with Gasteiger partial charge in [-0.05, 0) is 57.8 Å². The zero-order chi connectivity index (χ0) is 26.4. The summed E-state index contributed by atoms with van der Waals surface area (Å²) in [7, 11) is 1.89. The minimum absolute atomic E-state index is 0.248. The van der Waals surface area contributed by atoms with Crippen molar-refractivity contribution in [3.05, 3.63) is 25.3 Å². The van der Waals surface area contributed by atoms with Crippen molar-refractivity contribution < 1.29 is 28.2 Å². The van der Waals surface area contributed by atoms with Crippen LogP contribution < -0.4 is 5.32 Å². The standard InChI is InChI=1S/C26H43N4O5P/c1-3-5-7-9-11-15-19-28-24(32)29(20-16-12-10-8-6-4-2)26(34)30(25(28)33)21-17-13-14-18-22(30)27-23(31)35-36/h3-4,22H,1-2,5-21,36H2/p+1. The Labute approximate surface area is 218 Å². The summed E-state index contributed by atoms with van der Waals surface area (Å²) in [5, 5.41) is 2.73. The first-order valence-electron chi connectivity index (χ1n) is 13.4. The molecule has 2 atom stereocenters. The van der Waals surface area contributed by atoms with Gasteiger partial charge < -0.3 is 4.52 Å². The van der Waals surface area contributed by atoms with Crippen molar-refractivity contribution in [2.45, 2.75) is 96.1 Å². The lowest BCUT2D eigenvalue weighted by Gasteiger charge is -2.46. The van der Waals surface area contributed by atoms with Crippen LogP contribution in [0.5, 0.6) is 0 Å². The van der Waals surface area contributed by atoms with Crippen molar-refractivity contribution in [2.75, 3.05) is 19.6 Å². The molecule has 9 nitrogen and oxygen atoms in total. The van der Waals surface area contributed by atoms with Gasteiger partial charge >= 0.3 is 24.2 Å². The molecule has 1 spiro atoms. The van der Waals surface area contributed by atoms with Crippen molar-refractivity contribution in [3.8, 4) is 0 Å². The van der Waals surface area contributed by atoms with Gasteiger partial charge in [0.05, 0.1) is 16.0 Å². The fourth-order valence-electron chi connectivity index (χ4n) is 5.09. The summed E-state index contributed by atoms with van der Waals surface area (Å²) in [6, 6.07) is -1.61. The third kappa shape index (κ3) is 7.62. The number of quaternary nitrogens is 1. The van der Waals surface area contributed by atoms with Crippen LogP contribution in [-0.4, -0.2) is 64.3 Å². The first-order valence-corrected chi connectivity index (χ1v) is 13.9. The Bertz CT molecular complexity index is 748. The SMILES string of the molecule is C=CCCCCCCN1C(=O)N(CCCCCCC=C)C(=O)[N+]2(CCCCCC2NC(=O)OP)C1=O. The van der Waals surface area contributed by atoms with Crippen LogP contribution >= 0.6 is 9.47 Å². The minimum Gasteiger partial charge on any atom is -0.435 e. The van der Waals surface area contributed by atoms with E-state index >= 15 is 0 Å². The van der Waals surface area contributed by atoms with Gasteiger partial charge in [-0.3, -0.25) is 5.32 Å². The maximum absolute atomic E-state index is 13.9. The number of rotatable bonds is 15. The zero-order valence-electron chi connectivity index (χ0n) is 21.6. The molecule has 2 saturated heterocycles. The summed E-state index contributed by atoms with van der Waals surface area (Å²) in [5.74, 6) is 0. The number of imide groups is 3. The fourth-order valence-corrected chi connectivity index (χ4v) is 5.16. The molecule has 0 aromatic rings. The van der Waals surface area contributed by atoms with E-state index in [0.29, 0.717) is 25.7 Å². The van der Waals surface area contributed by atoms with E-state index in [9.17, 15) is 19.2 Å². The van der Waals surface area contributed by atoms with Gasteiger partial charge in [0.15, 0.2) is 6.17 Å². The molecule has 2 aliphatic heterocycles. The molecule has 0 radical (unpaired) electrons. The van der Waals surface area contributed by atoms with E-state index in [1.807, 2.05) is 21.6 Å². The minimum atomic E-state index is -0.779. The van der Waals surface area contributed by atoms with Gasteiger partial charge in [0.1, 0.15) is 0 Å². The Balaban J connectivity index is 2.27. The number of urea groups is 3. The highest BCUT2D eigenvalue weighted by atomic mass is 31.0. The highest BCUT2D eigenvalue weighted by molar-refractivity contribution is 7.10. The molecule has 1 N–H and O–H groups in total. The monoisotopic (exact) mass is 523 g/mol. The van der Waals surface area contributed by atoms with Gasteiger partial charge in [0.2, 0.25) is 0 Å². The zero-order valence-corrected chi connectivity index (χ0v) is 22.8. The molecule has 0 aliphatic carbocycles. The number of carbonyl (C=O) groups excluding carboxylic acids is 4. The van der Waals surface area contributed by atoms with E-state index in [2.05, 4.69) is 18.5 Å². The van der Waals surface area contributed by atoms with Gasteiger partial charge in [-0.25, -0.2) is 29.0 Å². The third-order valence-corrected chi connectivity index (χ3v) is 7.31. The van der Waals surface area contributed by atoms with Gasteiger partial charge in [0, 0.05) is 19.5 Å². The molecule has 0 aromatic carbocycles. The lowest BCUT2D eigenvalue weighted by atomic mass is 10.1. The van der Waals surface area contributed by atoms with E-state index in [4.69, 9.17) is 4.52 Å². The number of unbranched alkanes of at least 4 members (excludes halogenated alkanes) is 8. The number of hydrogen-bond acceptors (Lipinski definition) is 5. The Hall–Kier alpha value is -2.25. The van der Waals surface area contributed by atoms with E-state index < -0.39 is 34.8 Å². The molecule has 2 unspecified atom stereocenters. The second kappa shape index (κ2) is 15.8. The highest BCUT2D eigenvalue weighted by Crippen LogP contribution is 2.33. The van der Waals surface area contributed by atoms with Gasteiger partial charge in [0.25, 0.3) is 0 Å². The summed E-state index contributed by atoms with van der Waals surface area (Å²) in [6.45, 7) is 8.25. The molecule has 0 saturated carbocycles. The topological polar surface area (TPSA) is 96.0 Å². The Morgan fingerprint density at radius 3 is 1.92 bits per heavy atom. The fraction of sp³-hybridized carbons (Fsp3) is 0.692. The molecule has 7 amide bonds. The number of allylic oxidation sites excluding steroid dienone is 2. The summed E-state index contributed by atoms with van der Waals surface area (Å²) >= 11 is 0. The quantitative estimate of drug-likeness (QED) is 0.115. The second-order valence-corrected chi connectivity index (χ2v) is 9.88. The molecule has 36 heavy (non-hydrogen) atoms. The van der Waals surface area contributed by atoms with Crippen molar-refractivity contribution in [1.82, 2.24) is 15.1 Å². The second-order valence-electron chi connectivity index (χ2n) is 9.64. The van der Waals surface area contributed by atoms with Crippen LogP contribution in [0.2, 0.25) is 0 Å². The van der Waals surface area contributed by atoms with Gasteiger partial charge in [-0.1, -0.05) is 37.8 Å². The smallest absolute Gasteiger partial charge is 0.435 e. The molecule has 2 heterocycles. The maximum atomic E-state index is 13.9. The van der Waals surface area contributed by atoms with Crippen LogP contribution in [0.1, 0.15) is 89.9 Å². The van der Waals surface area contributed by atoms with Crippen LogP contribution in [0.25, 0.3) is 0 Å². The lowest BCUT2D eigenvalue weighted by Crippen LogP contribution is -2.78. The molecule has 10 heteroatoms. The number of carbonyl (C=O) groups is 4. The highest BCUT2D eigenvalue weighted by Gasteiger charge is 2.62. The average molecular weight is 524 g/mol. The van der Waals surface area contributed by atoms with Crippen LogP contribution in [0.15, 0.2) is 25.3 Å². The van der Waals surface area contributed by atoms with Gasteiger partial charge in [-0.15, -0.1) is 17.6 Å². The molecule has 2 rings (SSSR count). The van der Waals surface area contributed by atoms with E-state index in [1.54, 1.807) is 0 Å². The van der Waals surface area contributed by atoms with Crippen molar-refractivity contribution in [2.24, 2.45) is 0 Å². The molecule has 0 bridgehead atoms. The van der Waals surface area contributed by atoms with Crippen LogP contribution in [0.4, 0.5) is 19.2 Å². The number of nitrogens with one attached hydrogen (secondary N) is 1. The predicted octanol–water partition coefficient (Wildman–Crippen LogP) is 6.47. The molecule has 202 valence electrons. The normalized spacial score (nSPS) is 19.8. The van der Waals surface area contributed by atoms with Crippen LogP contribution in [0.3, 0.4) is 0 Å². The molecule has 0 aromatic heterocycles. The van der Waals surface area contributed by atoms with Crippen LogP contribution in [-0.2, 0) is 4.52 Å². The molecule has 2 fully saturated rings. The number of amides is 7. The lowest BCUT2D eigenvalue weighted by molar-refractivity contribution is -0.807. The summed E-state index contributed by atoms with van der Waals surface area (Å²) in [6.07, 6.45) is 14.0. The van der Waals surface area contributed by atoms with Crippen LogP contribution in [0, 0.1) is 0 Å². The molecular formula is C26H44N4O5P+.